The van der Waals surface area contributed by atoms with Crippen LogP contribution in [0, 0.1) is 0 Å². The first-order valence-electron chi connectivity index (χ1n) is 10.6. The van der Waals surface area contributed by atoms with Crippen molar-refractivity contribution in [3.63, 3.8) is 0 Å². The number of benzene rings is 3. The van der Waals surface area contributed by atoms with Gasteiger partial charge in [0.05, 0.1) is 16.7 Å². The van der Waals surface area contributed by atoms with Gasteiger partial charge < -0.3 is 4.74 Å². The number of hydrogen-bond acceptors (Lipinski definition) is 6. The number of nitrogens with zero attached hydrogens (tertiary/aromatic N) is 1. The van der Waals surface area contributed by atoms with Crippen molar-refractivity contribution in [3.8, 4) is 5.75 Å². The second kappa shape index (κ2) is 8.04. The molecule has 5 rings (SSSR count). The van der Waals surface area contributed by atoms with Gasteiger partial charge in [-0.1, -0.05) is 48.5 Å². The largest absolute Gasteiger partial charge is 0.425 e. The summed E-state index contributed by atoms with van der Waals surface area (Å²) in [7, 11) is 0. The molecular weight excluding hydrogens is 434 g/mol. The Labute approximate surface area is 194 Å². The third-order valence-electron chi connectivity index (χ3n) is 5.87. The number of carbonyl (C=O) groups is 5. The number of allylic oxidation sites excluding steroid dienone is 1. The molecule has 0 aromatic heterocycles. The first-order valence-corrected chi connectivity index (χ1v) is 10.6. The lowest BCUT2D eigenvalue weighted by atomic mass is 10.1. The molecule has 1 aliphatic heterocycles. The predicted octanol–water partition coefficient (Wildman–Crippen LogP) is 3.74. The van der Waals surface area contributed by atoms with Gasteiger partial charge in [-0.3, -0.25) is 24.1 Å². The molecule has 2 amide bonds. The minimum absolute atomic E-state index is 0.0743. The molecule has 3 aromatic rings. The summed E-state index contributed by atoms with van der Waals surface area (Å²) in [6.07, 6.45) is 1.50. The normalized spacial score (nSPS) is 15.3. The topological polar surface area (TPSA) is 97.8 Å². The summed E-state index contributed by atoms with van der Waals surface area (Å²) in [6, 6.07) is 18.1. The van der Waals surface area contributed by atoms with E-state index in [4.69, 9.17) is 4.74 Å². The van der Waals surface area contributed by atoms with Gasteiger partial charge >= 0.3 is 5.97 Å². The number of esters is 1. The maximum Gasteiger partial charge on any atom is 0.334 e. The number of hydrogen-bond donors (Lipinski definition) is 0. The molecular formula is C27H17NO6. The molecule has 34 heavy (non-hydrogen) atoms. The molecule has 0 N–H and O–H groups in total. The van der Waals surface area contributed by atoms with Gasteiger partial charge in [0.1, 0.15) is 11.8 Å². The zero-order valence-corrected chi connectivity index (χ0v) is 18.0. The van der Waals surface area contributed by atoms with Crippen LogP contribution in [-0.2, 0) is 4.79 Å². The highest BCUT2D eigenvalue weighted by Crippen LogP contribution is 2.28. The number of rotatable bonds is 4. The lowest BCUT2D eigenvalue weighted by Gasteiger charge is -2.20. The number of carbonyl (C=O) groups excluding carboxylic acids is 5. The summed E-state index contributed by atoms with van der Waals surface area (Å²) in [5.74, 6) is -2.31. The fourth-order valence-corrected chi connectivity index (χ4v) is 4.07. The quantitative estimate of drug-likeness (QED) is 0.197. The minimum atomic E-state index is -1.12. The molecule has 2 aliphatic rings. The number of imide groups is 1. The summed E-state index contributed by atoms with van der Waals surface area (Å²) in [5.41, 5.74) is 1.92. The fourth-order valence-electron chi connectivity index (χ4n) is 4.07. The van der Waals surface area contributed by atoms with Crippen LogP contribution in [0.25, 0.3) is 6.08 Å². The Hall–Kier alpha value is -4.65. The molecule has 166 valence electrons. The van der Waals surface area contributed by atoms with E-state index in [1.54, 1.807) is 60.7 Å². The smallest absolute Gasteiger partial charge is 0.334 e. The van der Waals surface area contributed by atoms with Crippen molar-refractivity contribution in [1.82, 2.24) is 4.90 Å². The first-order chi connectivity index (χ1) is 16.4. The molecule has 0 saturated carbocycles. The van der Waals surface area contributed by atoms with Gasteiger partial charge in [0.25, 0.3) is 11.8 Å². The van der Waals surface area contributed by atoms with E-state index < -0.39 is 23.8 Å². The minimum Gasteiger partial charge on any atom is -0.425 e. The Balaban J connectivity index is 1.30. The highest BCUT2D eigenvalue weighted by molar-refractivity contribution is 6.41. The third-order valence-corrected chi connectivity index (χ3v) is 5.87. The number of Topliss-reactive ketones (excluding diaryl/α,β-unsaturated/α-hetero) is 2. The standard InChI is InChI=1S/C27H17NO6/c1-15(28-25(31)20-8-4-5-9-21(20)26(28)32)27(33)34-17-12-10-16(11-13-17)14-22-23(29)18-6-2-3-7-19(18)24(22)30/h2-15H,1H3/t15-/m0/s1. The van der Waals surface area contributed by atoms with Gasteiger partial charge in [-0.2, -0.15) is 0 Å². The lowest BCUT2D eigenvalue weighted by Crippen LogP contribution is -2.44. The fraction of sp³-hybridized carbons (Fsp3) is 0.0741. The molecule has 1 aliphatic carbocycles. The van der Waals surface area contributed by atoms with Crippen LogP contribution in [0.1, 0.15) is 53.9 Å². The molecule has 7 nitrogen and oxygen atoms in total. The number of amides is 2. The van der Waals surface area contributed by atoms with E-state index >= 15 is 0 Å². The van der Waals surface area contributed by atoms with E-state index in [2.05, 4.69) is 0 Å². The van der Waals surface area contributed by atoms with Crippen molar-refractivity contribution >= 4 is 35.4 Å². The Morgan fingerprint density at radius 1 is 0.735 bits per heavy atom. The van der Waals surface area contributed by atoms with Crippen LogP contribution < -0.4 is 4.74 Å². The van der Waals surface area contributed by atoms with Crippen LogP contribution >= 0.6 is 0 Å². The Morgan fingerprint density at radius 2 is 1.21 bits per heavy atom. The highest BCUT2D eigenvalue weighted by atomic mass is 16.5. The highest BCUT2D eigenvalue weighted by Gasteiger charge is 2.41. The maximum absolute atomic E-state index is 12.6. The predicted molar refractivity (Wildman–Crippen MR) is 122 cm³/mol. The zero-order valence-electron chi connectivity index (χ0n) is 18.0. The van der Waals surface area contributed by atoms with Gasteiger partial charge in [-0.15, -0.1) is 0 Å². The lowest BCUT2D eigenvalue weighted by molar-refractivity contribution is -0.138. The molecule has 7 heteroatoms. The summed E-state index contributed by atoms with van der Waals surface area (Å²) in [5, 5.41) is 0. The molecule has 1 heterocycles. The summed E-state index contributed by atoms with van der Waals surface area (Å²) in [4.78, 5) is 63.8. The summed E-state index contributed by atoms with van der Waals surface area (Å²) < 4.78 is 5.36. The third kappa shape index (κ3) is 3.34. The van der Waals surface area contributed by atoms with E-state index in [9.17, 15) is 24.0 Å². The maximum atomic E-state index is 12.6. The first kappa shape index (κ1) is 21.2. The number of ether oxygens (including phenoxy) is 1. The van der Waals surface area contributed by atoms with Gasteiger partial charge in [0.15, 0.2) is 11.6 Å². The molecule has 0 spiro atoms. The van der Waals surface area contributed by atoms with Crippen LogP contribution in [0.5, 0.6) is 5.75 Å². The molecule has 0 saturated heterocycles. The SMILES string of the molecule is C[C@@H](C(=O)Oc1ccc(C=C2C(=O)c3ccccc3C2=O)cc1)N1C(=O)c2ccccc2C1=O. The van der Waals surface area contributed by atoms with Gasteiger partial charge in [0, 0.05) is 11.1 Å². The molecule has 3 aromatic carbocycles. The molecule has 0 unspecified atom stereocenters. The van der Waals surface area contributed by atoms with E-state index in [0.717, 1.165) is 4.90 Å². The van der Waals surface area contributed by atoms with Crippen LogP contribution in [0.2, 0.25) is 0 Å². The number of fused-ring (bicyclic) bond motifs is 2. The van der Waals surface area contributed by atoms with Crippen molar-refractivity contribution in [2.24, 2.45) is 0 Å². The average Bonchev–Trinajstić information content (AvgIpc) is 3.25. The summed E-state index contributed by atoms with van der Waals surface area (Å²) in [6.45, 7) is 1.43. The van der Waals surface area contributed by atoms with Gasteiger partial charge in [-0.25, -0.2) is 4.79 Å². The van der Waals surface area contributed by atoms with Crippen LogP contribution in [0.15, 0.2) is 78.4 Å². The van der Waals surface area contributed by atoms with Crippen molar-refractivity contribution in [1.29, 1.82) is 0 Å². The van der Waals surface area contributed by atoms with Crippen molar-refractivity contribution in [2.75, 3.05) is 0 Å². The second-order valence-corrected chi connectivity index (χ2v) is 7.95. The Morgan fingerprint density at radius 3 is 1.71 bits per heavy atom. The zero-order chi connectivity index (χ0) is 24.0. The van der Waals surface area contributed by atoms with Crippen LogP contribution in [-0.4, -0.2) is 40.3 Å². The van der Waals surface area contributed by atoms with Gasteiger partial charge in [-0.05, 0) is 42.8 Å². The summed E-state index contributed by atoms with van der Waals surface area (Å²) >= 11 is 0. The van der Waals surface area contributed by atoms with E-state index in [-0.39, 0.29) is 34.0 Å². The molecule has 0 bridgehead atoms. The molecule has 1 atom stereocenters. The van der Waals surface area contributed by atoms with Crippen molar-refractivity contribution < 1.29 is 28.7 Å². The molecule has 0 fully saturated rings. The van der Waals surface area contributed by atoms with E-state index in [1.807, 2.05) is 0 Å². The van der Waals surface area contributed by atoms with Crippen LogP contribution in [0.4, 0.5) is 0 Å². The van der Waals surface area contributed by atoms with Crippen LogP contribution in [0.3, 0.4) is 0 Å². The molecule has 0 radical (unpaired) electrons. The monoisotopic (exact) mass is 451 g/mol. The number of ketones is 2. The Kier molecular flexibility index (Phi) is 5.02. The van der Waals surface area contributed by atoms with Crippen molar-refractivity contribution in [2.45, 2.75) is 13.0 Å². The van der Waals surface area contributed by atoms with E-state index in [0.29, 0.717) is 16.7 Å². The van der Waals surface area contributed by atoms with Crippen molar-refractivity contribution in [3.05, 3.63) is 106 Å². The van der Waals surface area contributed by atoms with E-state index in [1.165, 1.54) is 25.1 Å². The van der Waals surface area contributed by atoms with Gasteiger partial charge in [0.2, 0.25) is 0 Å². The Bertz CT molecular complexity index is 1360. The second-order valence-electron chi connectivity index (χ2n) is 7.95. The average molecular weight is 451 g/mol.